The van der Waals surface area contributed by atoms with Gasteiger partial charge in [0.05, 0.1) is 21.3 Å². The maximum atomic E-state index is 14.3. The molecule has 0 radical (unpaired) electrons. The van der Waals surface area contributed by atoms with Gasteiger partial charge < -0.3 is 0 Å². The summed E-state index contributed by atoms with van der Waals surface area (Å²) in [5, 5.41) is 7.84. The van der Waals surface area contributed by atoms with Crippen molar-refractivity contribution in [3.63, 3.8) is 0 Å². The van der Waals surface area contributed by atoms with Crippen LogP contribution in [0.3, 0.4) is 0 Å². The van der Waals surface area contributed by atoms with E-state index in [0.717, 1.165) is 17.1 Å². The lowest BCUT2D eigenvalue weighted by atomic mass is 10.0. The number of aromatic nitrogens is 2. The highest BCUT2D eigenvalue weighted by Crippen LogP contribution is 2.33. The number of hydrogen-bond donors (Lipinski definition) is 1. The molecule has 0 aliphatic heterocycles. The summed E-state index contributed by atoms with van der Waals surface area (Å²) in [4.78, 5) is 8.42. The molecular formula is C15H12FN3O2S2. The van der Waals surface area contributed by atoms with Crippen molar-refractivity contribution in [3.8, 4) is 22.5 Å². The summed E-state index contributed by atoms with van der Waals surface area (Å²) in [5.41, 5.74) is 1.68. The van der Waals surface area contributed by atoms with Gasteiger partial charge in [-0.25, -0.2) is 22.9 Å². The Morgan fingerprint density at radius 1 is 1.22 bits per heavy atom. The van der Waals surface area contributed by atoms with Crippen molar-refractivity contribution in [1.82, 2.24) is 9.97 Å². The Labute approximate surface area is 136 Å². The minimum Gasteiger partial charge on any atom is -0.255 e. The first-order valence-corrected chi connectivity index (χ1v) is 8.99. The first-order valence-electron chi connectivity index (χ1n) is 6.56. The highest BCUT2D eigenvalue weighted by molar-refractivity contribution is 7.89. The molecule has 3 rings (SSSR count). The van der Waals surface area contributed by atoms with E-state index in [4.69, 9.17) is 5.14 Å². The third-order valence-corrected chi connectivity index (χ3v) is 4.91. The molecule has 2 heterocycles. The van der Waals surface area contributed by atoms with Gasteiger partial charge >= 0.3 is 0 Å². The van der Waals surface area contributed by atoms with Crippen LogP contribution < -0.4 is 5.14 Å². The van der Waals surface area contributed by atoms with Gasteiger partial charge in [0.2, 0.25) is 10.0 Å². The van der Waals surface area contributed by atoms with Crippen LogP contribution in [0, 0.1) is 12.7 Å². The summed E-state index contributed by atoms with van der Waals surface area (Å²) in [6, 6.07) is 6.87. The minimum absolute atomic E-state index is 0.0674. The number of hydrogen-bond acceptors (Lipinski definition) is 5. The van der Waals surface area contributed by atoms with E-state index in [1.54, 1.807) is 12.1 Å². The molecule has 0 fully saturated rings. The largest absolute Gasteiger partial charge is 0.255 e. The van der Waals surface area contributed by atoms with Crippen LogP contribution in [0.1, 0.15) is 5.01 Å². The Morgan fingerprint density at radius 3 is 2.65 bits per heavy atom. The fourth-order valence-corrected chi connectivity index (χ4v) is 3.33. The number of nitrogens with zero attached hydrogens (tertiary/aromatic N) is 2. The predicted molar refractivity (Wildman–Crippen MR) is 86.8 cm³/mol. The molecule has 0 saturated heterocycles. The van der Waals surface area contributed by atoms with Crippen LogP contribution in [0.25, 0.3) is 22.5 Å². The van der Waals surface area contributed by atoms with E-state index < -0.39 is 15.8 Å². The topological polar surface area (TPSA) is 85.9 Å². The van der Waals surface area contributed by atoms with E-state index in [2.05, 4.69) is 9.97 Å². The lowest BCUT2D eigenvalue weighted by molar-refractivity contribution is 0.596. The highest BCUT2D eigenvalue weighted by Gasteiger charge is 2.17. The van der Waals surface area contributed by atoms with E-state index in [1.807, 2.05) is 12.3 Å². The van der Waals surface area contributed by atoms with Crippen molar-refractivity contribution in [2.45, 2.75) is 11.8 Å². The van der Waals surface area contributed by atoms with Crippen LogP contribution >= 0.6 is 11.3 Å². The molecule has 2 aromatic heterocycles. The minimum atomic E-state index is -3.93. The van der Waals surface area contributed by atoms with Crippen LogP contribution in [0.5, 0.6) is 0 Å². The molecule has 1 aromatic carbocycles. The second kappa shape index (κ2) is 5.80. The van der Waals surface area contributed by atoms with Gasteiger partial charge in [-0.05, 0) is 37.3 Å². The Hall–Kier alpha value is -2.16. The molecule has 0 saturated carbocycles. The fraction of sp³-hybridized carbons (Fsp3) is 0.0667. The van der Waals surface area contributed by atoms with Crippen LogP contribution in [0.2, 0.25) is 0 Å². The zero-order chi connectivity index (χ0) is 16.6. The van der Waals surface area contributed by atoms with Gasteiger partial charge in [-0.2, -0.15) is 0 Å². The van der Waals surface area contributed by atoms with E-state index in [-0.39, 0.29) is 10.5 Å². The lowest BCUT2D eigenvalue weighted by Gasteiger charge is -2.09. The van der Waals surface area contributed by atoms with Gasteiger partial charge in [-0.15, -0.1) is 11.3 Å². The summed E-state index contributed by atoms with van der Waals surface area (Å²) in [6.45, 7) is 1.87. The van der Waals surface area contributed by atoms with Gasteiger partial charge in [0.1, 0.15) is 5.82 Å². The summed E-state index contributed by atoms with van der Waals surface area (Å²) in [6.07, 6.45) is 1.51. The zero-order valence-corrected chi connectivity index (χ0v) is 13.7. The van der Waals surface area contributed by atoms with Gasteiger partial charge in [-0.3, -0.25) is 4.98 Å². The van der Waals surface area contributed by atoms with E-state index in [9.17, 15) is 12.8 Å². The number of pyridine rings is 1. The molecule has 118 valence electrons. The van der Waals surface area contributed by atoms with Crippen LogP contribution in [0.4, 0.5) is 4.39 Å². The van der Waals surface area contributed by atoms with E-state index >= 15 is 0 Å². The molecule has 0 atom stereocenters. The summed E-state index contributed by atoms with van der Waals surface area (Å²) < 4.78 is 37.3. The van der Waals surface area contributed by atoms with Crippen molar-refractivity contribution in [3.05, 3.63) is 52.7 Å². The third-order valence-electron chi connectivity index (χ3n) is 3.22. The van der Waals surface area contributed by atoms with E-state index in [0.29, 0.717) is 17.0 Å². The third kappa shape index (κ3) is 3.14. The van der Waals surface area contributed by atoms with Gasteiger partial charge in [0, 0.05) is 22.7 Å². The summed E-state index contributed by atoms with van der Waals surface area (Å²) in [5.74, 6) is -0.579. The number of thiazole rings is 1. The maximum absolute atomic E-state index is 14.3. The SMILES string of the molecule is Cc1nc(-c2cccnc2-c2cc(S(N)(=O)=O)ccc2F)cs1. The zero-order valence-electron chi connectivity index (χ0n) is 12.0. The molecule has 0 aliphatic carbocycles. The predicted octanol–water partition coefficient (Wildman–Crippen LogP) is 2.97. The quantitative estimate of drug-likeness (QED) is 0.788. The number of sulfonamides is 1. The van der Waals surface area contributed by atoms with E-state index in [1.165, 1.54) is 23.6 Å². The standard InChI is InChI=1S/C15H12FN3O2S2/c1-9-19-14(8-22-9)11-3-2-6-18-15(11)12-7-10(23(17,20)21)4-5-13(12)16/h2-8H,1H3,(H2,17,20,21). The number of halogens is 1. The summed E-state index contributed by atoms with van der Waals surface area (Å²) >= 11 is 1.47. The molecule has 23 heavy (non-hydrogen) atoms. The molecule has 0 spiro atoms. The number of benzene rings is 1. The number of primary sulfonamides is 1. The lowest BCUT2D eigenvalue weighted by Crippen LogP contribution is -2.12. The van der Waals surface area contributed by atoms with Gasteiger partial charge in [0.15, 0.2) is 0 Å². The molecule has 5 nitrogen and oxygen atoms in total. The second-order valence-corrected chi connectivity index (χ2v) is 7.46. The Kier molecular flexibility index (Phi) is 3.97. The molecular weight excluding hydrogens is 337 g/mol. The molecule has 3 aromatic rings. The van der Waals surface area contributed by atoms with Gasteiger partial charge in [0.25, 0.3) is 0 Å². The van der Waals surface area contributed by atoms with Crippen molar-refractivity contribution < 1.29 is 12.8 Å². The Morgan fingerprint density at radius 2 is 2.00 bits per heavy atom. The van der Waals surface area contributed by atoms with Crippen molar-refractivity contribution in [1.29, 1.82) is 0 Å². The molecule has 8 heteroatoms. The molecule has 0 unspecified atom stereocenters. The second-order valence-electron chi connectivity index (χ2n) is 4.84. The molecule has 0 bridgehead atoms. The van der Waals surface area contributed by atoms with Crippen LogP contribution in [-0.4, -0.2) is 18.4 Å². The molecule has 0 amide bonds. The monoisotopic (exact) mass is 349 g/mol. The first kappa shape index (κ1) is 15.7. The highest BCUT2D eigenvalue weighted by atomic mass is 32.2. The van der Waals surface area contributed by atoms with Crippen molar-refractivity contribution >= 4 is 21.4 Å². The first-order chi connectivity index (χ1) is 10.9. The maximum Gasteiger partial charge on any atom is 0.238 e. The number of rotatable bonds is 3. The normalized spacial score (nSPS) is 11.6. The molecule has 2 N–H and O–H groups in total. The Bertz CT molecular complexity index is 984. The van der Waals surface area contributed by atoms with Crippen molar-refractivity contribution in [2.24, 2.45) is 5.14 Å². The number of nitrogens with two attached hydrogens (primary N) is 1. The Balaban J connectivity index is 2.24. The fourth-order valence-electron chi connectivity index (χ4n) is 2.18. The van der Waals surface area contributed by atoms with Crippen LogP contribution in [0.15, 0.2) is 46.8 Å². The number of aryl methyl sites for hydroxylation is 1. The average molecular weight is 349 g/mol. The van der Waals surface area contributed by atoms with Crippen LogP contribution in [-0.2, 0) is 10.0 Å². The smallest absolute Gasteiger partial charge is 0.238 e. The average Bonchev–Trinajstić information content (AvgIpc) is 2.93. The van der Waals surface area contributed by atoms with Gasteiger partial charge in [-0.1, -0.05) is 0 Å². The summed E-state index contributed by atoms with van der Waals surface area (Å²) in [7, 11) is -3.93. The molecule has 0 aliphatic rings. The van der Waals surface area contributed by atoms with Crippen molar-refractivity contribution in [2.75, 3.05) is 0 Å².